The second-order valence-electron chi connectivity index (χ2n) is 5.15. The Kier molecular flexibility index (Phi) is 7.63. The lowest BCUT2D eigenvalue weighted by Crippen LogP contribution is -2.48. The average Bonchev–Trinajstić information content (AvgIpc) is 2.88. The van der Waals surface area contributed by atoms with Crippen molar-refractivity contribution in [3.8, 4) is 0 Å². The van der Waals surface area contributed by atoms with Crippen LogP contribution in [0.3, 0.4) is 0 Å². The second-order valence-corrected chi connectivity index (χ2v) is 5.15. The van der Waals surface area contributed by atoms with Crippen molar-refractivity contribution < 1.29 is 9.53 Å². The van der Waals surface area contributed by atoms with Crippen molar-refractivity contribution in [2.24, 2.45) is 5.92 Å². The van der Waals surface area contributed by atoms with Gasteiger partial charge in [-0.2, -0.15) is 0 Å². The predicted octanol–water partition coefficient (Wildman–Crippen LogP) is 1.48. The van der Waals surface area contributed by atoms with Gasteiger partial charge in [-0.25, -0.2) is 0 Å². The summed E-state index contributed by atoms with van der Waals surface area (Å²) in [5.74, 6) is 0.961. The zero-order valence-electron chi connectivity index (χ0n) is 11.0. The van der Waals surface area contributed by atoms with Gasteiger partial charge in [-0.15, -0.1) is 12.4 Å². The fourth-order valence-corrected chi connectivity index (χ4v) is 2.75. The van der Waals surface area contributed by atoms with Gasteiger partial charge in [-0.3, -0.25) is 4.79 Å². The van der Waals surface area contributed by atoms with Gasteiger partial charge in [0.05, 0.1) is 6.61 Å². The van der Waals surface area contributed by atoms with Crippen molar-refractivity contribution in [1.82, 2.24) is 10.6 Å². The Hall–Kier alpha value is -0.320. The maximum atomic E-state index is 11.7. The summed E-state index contributed by atoms with van der Waals surface area (Å²) in [5.41, 5.74) is 0. The highest BCUT2D eigenvalue weighted by molar-refractivity contribution is 5.85. The molecule has 0 spiro atoms. The van der Waals surface area contributed by atoms with E-state index in [1.165, 1.54) is 32.1 Å². The lowest BCUT2D eigenvalue weighted by molar-refractivity contribution is -0.134. The standard InChI is InChI=1S/C13H24N2O2.ClH/c16-13(12-10-14-8-9-17-12)15-7-3-6-11-4-1-2-5-11;/h11-12,14H,1-10H2,(H,15,16);1H. The third-order valence-corrected chi connectivity index (χ3v) is 3.78. The molecule has 0 bridgehead atoms. The van der Waals surface area contributed by atoms with Gasteiger partial charge >= 0.3 is 0 Å². The van der Waals surface area contributed by atoms with Crippen molar-refractivity contribution in [3.63, 3.8) is 0 Å². The minimum absolute atomic E-state index is 0. The molecule has 1 atom stereocenters. The van der Waals surface area contributed by atoms with Crippen LogP contribution in [0.5, 0.6) is 0 Å². The molecule has 0 aromatic heterocycles. The third-order valence-electron chi connectivity index (χ3n) is 3.78. The van der Waals surface area contributed by atoms with E-state index in [4.69, 9.17) is 4.74 Å². The van der Waals surface area contributed by atoms with Crippen LogP contribution in [0.4, 0.5) is 0 Å². The van der Waals surface area contributed by atoms with E-state index in [1.54, 1.807) is 0 Å². The fraction of sp³-hybridized carbons (Fsp3) is 0.923. The van der Waals surface area contributed by atoms with Gasteiger partial charge in [0.2, 0.25) is 5.91 Å². The molecule has 1 unspecified atom stereocenters. The van der Waals surface area contributed by atoms with E-state index in [9.17, 15) is 4.79 Å². The molecule has 1 aliphatic carbocycles. The minimum Gasteiger partial charge on any atom is -0.366 e. The molecule has 2 fully saturated rings. The number of halogens is 1. The molecule has 2 N–H and O–H groups in total. The van der Waals surface area contributed by atoms with Crippen LogP contribution in [0.15, 0.2) is 0 Å². The van der Waals surface area contributed by atoms with Crippen LogP contribution < -0.4 is 10.6 Å². The number of hydrogen-bond donors (Lipinski definition) is 2. The maximum Gasteiger partial charge on any atom is 0.250 e. The molecule has 106 valence electrons. The number of hydrogen-bond acceptors (Lipinski definition) is 3. The summed E-state index contributed by atoms with van der Waals surface area (Å²) in [6.45, 7) is 2.94. The summed E-state index contributed by atoms with van der Waals surface area (Å²) in [6, 6.07) is 0. The van der Waals surface area contributed by atoms with E-state index in [1.807, 2.05) is 0 Å². The lowest BCUT2D eigenvalue weighted by atomic mass is 10.0. The number of amides is 1. The van der Waals surface area contributed by atoms with Crippen LogP contribution in [0.1, 0.15) is 38.5 Å². The van der Waals surface area contributed by atoms with E-state index in [-0.39, 0.29) is 24.4 Å². The molecular formula is C13H25ClN2O2. The van der Waals surface area contributed by atoms with E-state index >= 15 is 0 Å². The normalized spacial score (nSPS) is 24.6. The molecule has 5 heteroatoms. The highest BCUT2D eigenvalue weighted by atomic mass is 35.5. The number of nitrogens with one attached hydrogen (secondary N) is 2. The summed E-state index contributed by atoms with van der Waals surface area (Å²) in [6.07, 6.45) is 7.68. The van der Waals surface area contributed by atoms with Crippen molar-refractivity contribution in [3.05, 3.63) is 0 Å². The SMILES string of the molecule is Cl.O=C(NCCCC1CCCC1)C1CNCCO1. The van der Waals surface area contributed by atoms with Gasteiger partial charge in [0.1, 0.15) is 6.10 Å². The molecular weight excluding hydrogens is 252 g/mol. The van der Waals surface area contributed by atoms with Crippen LogP contribution in [0.2, 0.25) is 0 Å². The number of carbonyl (C=O) groups is 1. The second kappa shape index (κ2) is 8.73. The molecule has 4 nitrogen and oxygen atoms in total. The molecule has 1 aliphatic heterocycles. The summed E-state index contributed by atoms with van der Waals surface area (Å²) in [4.78, 5) is 11.7. The molecule has 1 saturated heterocycles. The Bertz CT molecular complexity index is 239. The summed E-state index contributed by atoms with van der Waals surface area (Å²) < 4.78 is 5.40. The summed E-state index contributed by atoms with van der Waals surface area (Å²) >= 11 is 0. The molecule has 1 saturated carbocycles. The Morgan fingerprint density at radius 2 is 2.11 bits per heavy atom. The highest BCUT2D eigenvalue weighted by Gasteiger charge is 2.21. The first kappa shape index (κ1) is 15.7. The van der Waals surface area contributed by atoms with Crippen LogP contribution in [0, 0.1) is 5.92 Å². The molecule has 0 aromatic rings. The Labute approximate surface area is 116 Å². The quantitative estimate of drug-likeness (QED) is 0.748. The number of ether oxygens (including phenoxy) is 1. The summed E-state index contributed by atoms with van der Waals surface area (Å²) in [5, 5.41) is 6.14. The van der Waals surface area contributed by atoms with Gasteiger partial charge in [-0.1, -0.05) is 25.7 Å². The highest BCUT2D eigenvalue weighted by Crippen LogP contribution is 2.28. The first-order chi connectivity index (χ1) is 8.36. The Morgan fingerprint density at radius 1 is 1.33 bits per heavy atom. The van der Waals surface area contributed by atoms with Crippen LogP contribution in [0.25, 0.3) is 0 Å². The molecule has 2 rings (SSSR count). The summed E-state index contributed by atoms with van der Waals surface area (Å²) in [7, 11) is 0. The molecule has 18 heavy (non-hydrogen) atoms. The maximum absolute atomic E-state index is 11.7. The minimum atomic E-state index is -0.282. The largest absolute Gasteiger partial charge is 0.366 e. The van der Waals surface area contributed by atoms with Crippen molar-refractivity contribution in [2.75, 3.05) is 26.2 Å². The monoisotopic (exact) mass is 276 g/mol. The first-order valence-electron chi connectivity index (χ1n) is 6.96. The molecule has 0 radical (unpaired) electrons. The molecule has 1 amide bonds. The molecule has 0 aromatic carbocycles. The van der Waals surface area contributed by atoms with E-state index in [0.717, 1.165) is 25.4 Å². The third kappa shape index (κ3) is 5.12. The Morgan fingerprint density at radius 3 is 2.78 bits per heavy atom. The van der Waals surface area contributed by atoms with Crippen molar-refractivity contribution >= 4 is 18.3 Å². The van der Waals surface area contributed by atoms with Gasteiger partial charge in [0.15, 0.2) is 0 Å². The van der Waals surface area contributed by atoms with Gasteiger partial charge < -0.3 is 15.4 Å². The van der Waals surface area contributed by atoms with E-state index in [0.29, 0.717) is 13.2 Å². The topological polar surface area (TPSA) is 50.4 Å². The number of rotatable bonds is 5. The van der Waals surface area contributed by atoms with Crippen LogP contribution in [-0.4, -0.2) is 38.3 Å². The lowest BCUT2D eigenvalue weighted by Gasteiger charge is -2.22. The van der Waals surface area contributed by atoms with E-state index in [2.05, 4.69) is 10.6 Å². The Balaban J connectivity index is 0.00000162. The fourth-order valence-electron chi connectivity index (χ4n) is 2.75. The van der Waals surface area contributed by atoms with Gasteiger partial charge in [-0.05, 0) is 18.8 Å². The van der Waals surface area contributed by atoms with Gasteiger partial charge in [0, 0.05) is 19.6 Å². The predicted molar refractivity (Wildman–Crippen MR) is 74.1 cm³/mol. The first-order valence-corrected chi connectivity index (χ1v) is 6.96. The van der Waals surface area contributed by atoms with Crippen molar-refractivity contribution in [1.29, 1.82) is 0 Å². The van der Waals surface area contributed by atoms with Crippen molar-refractivity contribution in [2.45, 2.75) is 44.6 Å². The van der Waals surface area contributed by atoms with Gasteiger partial charge in [0.25, 0.3) is 0 Å². The smallest absolute Gasteiger partial charge is 0.250 e. The zero-order chi connectivity index (χ0) is 11.9. The number of morpholine rings is 1. The molecule has 2 aliphatic rings. The van der Waals surface area contributed by atoms with Crippen LogP contribution >= 0.6 is 12.4 Å². The number of carbonyl (C=O) groups excluding carboxylic acids is 1. The van der Waals surface area contributed by atoms with E-state index < -0.39 is 0 Å². The van der Waals surface area contributed by atoms with Crippen LogP contribution in [-0.2, 0) is 9.53 Å². The average molecular weight is 277 g/mol. The molecule has 1 heterocycles. The zero-order valence-corrected chi connectivity index (χ0v) is 11.8.